The van der Waals surface area contributed by atoms with E-state index < -0.39 is 12.2 Å². The summed E-state index contributed by atoms with van der Waals surface area (Å²) < 4.78 is 0. The molecule has 0 aromatic heterocycles. The smallest absolute Gasteiger partial charge is 0.300 e. The van der Waals surface area contributed by atoms with E-state index in [0.717, 1.165) is 19.9 Å². The maximum Gasteiger partial charge on any atom is 0.300 e. The zero-order valence-corrected chi connectivity index (χ0v) is 7.86. The third-order valence-corrected chi connectivity index (χ3v) is 1.56. The number of aliphatic hydroxyl groups is 1. The molecule has 0 bridgehead atoms. The molecule has 0 aliphatic carbocycles. The highest BCUT2D eigenvalue weighted by Crippen LogP contribution is 2.11. The zero-order chi connectivity index (χ0) is 10.4. The molecule has 0 aromatic rings. The lowest BCUT2D eigenvalue weighted by Crippen LogP contribution is -2.33. The molecule has 1 unspecified atom stereocenters. The number of carboxylic acids is 1. The number of carbonyl (C=O) groups is 2. The highest BCUT2D eigenvalue weighted by molar-refractivity contribution is 5.78. The van der Waals surface area contributed by atoms with Gasteiger partial charge in [0.15, 0.2) is 0 Å². The van der Waals surface area contributed by atoms with Crippen LogP contribution in [0, 0.1) is 0 Å². The van der Waals surface area contributed by atoms with Crippen LogP contribution in [0.2, 0.25) is 0 Å². The van der Waals surface area contributed by atoms with Gasteiger partial charge in [0, 0.05) is 19.9 Å². The summed E-state index contributed by atoms with van der Waals surface area (Å²) in [4.78, 5) is 21.3. The van der Waals surface area contributed by atoms with Crippen molar-refractivity contribution in [2.24, 2.45) is 0 Å². The van der Waals surface area contributed by atoms with Gasteiger partial charge in [-0.25, -0.2) is 0 Å². The maximum absolute atomic E-state index is 10.8. The zero-order valence-electron chi connectivity index (χ0n) is 7.86. The van der Waals surface area contributed by atoms with Gasteiger partial charge in [-0.1, -0.05) is 0 Å². The van der Waals surface area contributed by atoms with Crippen LogP contribution in [0.4, 0.5) is 0 Å². The Labute approximate surface area is 77.0 Å². The van der Waals surface area contributed by atoms with Gasteiger partial charge < -0.3 is 15.1 Å². The van der Waals surface area contributed by atoms with Gasteiger partial charge in [0.25, 0.3) is 5.97 Å². The average molecular weight is 189 g/mol. The first kappa shape index (κ1) is 11.9. The number of hydrogen-bond donors (Lipinski definition) is 2. The van der Waals surface area contributed by atoms with Crippen LogP contribution in [0.1, 0.15) is 26.7 Å². The van der Waals surface area contributed by atoms with E-state index in [1.807, 2.05) is 0 Å². The fourth-order valence-electron chi connectivity index (χ4n) is 1.06. The van der Waals surface area contributed by atoms with Gasteiger partial charge in [-0.05, 0) is 13.3 Å². The first-order valence-corrected chi connectivity index (χ1v) is 4.12. The molecule has 0 saturated carbocycles. The molecule has 1 aliphatic rings. The van der Waals surface area contributed by atoms with Crippen LogP contribution in [-0.4, -0.2) is 39.8 Å². The summed E-state index contributed by atoms with van der Waals surface area (Å²) in [5.74, 6) is -0.759. The maximum atomic E-state index is 10.8. The summed E-state index contributed by atoms with van der Waals surface area (Å²) in [7, 11) is 0. The van der Waals surface area contributed by atoms with Crippen LogP contribution < -0.4 is 0 Å². The normalized spacial score (nSPS) is 17.8. The number of aliphatic carboxylic acids is 1. The van der Waals surface area contributed by atoms with Gasteiger partial charge in [0.05, 0.1) is 0 Å². The van der Waals surface area contributed by atoms with Gasteiger partial charge in [0.1, 0.15) is 6.23 Å². The Morgan fingerprint density at radius 1 is 1.62 bits per heavy atom. The molecule has 1 saturated heterocycles. The molecule has 5 heteroatoms. The molecule has 1 heterocycles. The number of hydrogen-bond acceptors (Lipinski definition) is 3. The van der Waals surface area contributed by atoms with Crippen LogP contribution in [0.25, 0.3) is 0 Å². The number of carboxylic acid groups (broad SMARTS) is 1. The molecule has 1 amide bonds. The minimum atomic E-state index is -0.833. The summed E-state index contributed by atoms with van der Waals surface area (Å²) in [6.07, 6.45) is 0.897. The van der Waals surface area contributed by atoms with Crippen molar-refractivity contribution in [3.63, 3.8) is 0 Å². The van der Waals surface area contributed by atoms with Crippen LogP contribution in [0.3, 0.4) is 0 Å². The third-order valence-electron chi connectivity index (χ3n) is 1.56. The average Bonchev–Trinajstić information content (AvgIpc) is 2.33. The molecular formula is C8H15NO4. The second-order valence-electron chi connectivity index (χ2n) is 2.84. The molecule has 1 atom stereocenters. The molecule has 1 fully saturated rings. The van der Waals surface area contributed by atoms with Crippen molar-refractivity contribution in [2.45, 2.75) is 32.9 Å². The minimum absolute atomic E-state index is 0.0741. The summed E-state index contributed by atoms with van der Waals surface area (Å²) in [6, 6.07) is 0. The van der Waals surface area contributed by atoms with E-state index in [2.05, 4.69) is 0 Å². The number of nitrogens with zero attached hydrogens (tertiary/aromatic N) is 1. The third kappa shape index (κ3) is 5.19. The minimum Gasteiger partial charge on any atom is -0.481 e. The van der Waals surface area contributed by atoms with Gasteiger partial charge in [-0.3, -0.25) is 9.59 Å². The van der Waals surface area contributed by atoms with Gasteiger partial charge >= 0.3 is 0 Å². The molecule has 1 aliphatic heterocycles. The lowest BCUT2D eigenvalue weighted by Gasteiger charge is -2.17. The van der Waals surface area contributed by atoms with Crippen molar-refractivity contribution in [1.82, 2.24) is 4.90 Å². The Hall–Kier alpha value is -1.10. The van der Waals surface area contributed by atoms with E-state index in [1.165, 1.54) is 4.90 Å². The van der Waals surface area contributed by atoms with Crippen molar-refractivity contribution < 1.29 is 19.8 Å². The predicted molar refractivity (Wildman–Crippen MR) is 45.9 cm³/mol. The SMILES string of the molecule is CC(=O)O.CC(O)N1CCCC1=O. The van der Waals surface area contributed by atoms with Gasteiger partial charge in [0.2, 0.25) is 5.91 Å². The fourth-order valence-corrected chi connectivity index (χ4v) is 1.06. The monoisotopic (exact) mass is 189 g/mol. The highest BCUT2D eigenvalue weighted by atomic mass is 16.4. The molecule has 0 spiro atoms. The lowest BCUT2D eigenvalue weighted by molar-refractivity contribution is -0.135. The Balaban J connectivity index is 0.000000310. The van der Waals surface area contributed by atoms with Gasteiger partial charge in [-0.15, -0.1) is 0 Å². The van der Waals surface area contributed by atoms with E-state index >= 15 is 0 Å². The molecule has 0 aromatic carbocycles. The van der Waals surface area contributed by atoms with Crippen LogP contribution >= 0.6 is 0 Å². The fraction of sp³-hybridized carbons (Fsp3) is 0.750. The molecule has 76 valence electrons. The Morgan fingerprint density at radius 2 is 2.08 bits per heavy atom. The number of carbonyl (C=O) groups excluding carboxylic acids is 1. The van der Waals surface area contributed by atoms with E-state index in [4.69, 9.17) is 15.0 Å². The van der Waals surface area contributed by atoms with Crippen LogP contribution in [0.15, 0.2) is 0 Å². The first-order chi connectivity index (χ1) is 5.95. The summed E-state index contributed by atoms with van der Waals surface area (Å²) in [5, 5.41) is 16.3. The first-order valence-electron chi connectivity index (χ1n) is 4.12. The Morgan fingerprint density at radius 3 is 2.23 bits per heavy atom. The molecule has 13 heavy (non-hydrogen) atoms. The number of rotatable bonds is 1. The topological polar surface area (TPSA) is 77.8 Å². The van der Waals surface area contributed by atoms with Gasteiger partial charge in [-0.2, -0.15) is 0 Å². The van der Waals surface area contributed by atoms with Crippen molar-refractivity contribution in [1.29, 1.82) is 0 Å². The number of likely N-dealkylation sites (tertiary alicyclic amines) is 1. The second-order valence-corrected chi connectivity index (χ2v) is 2.84. The predicted octanol–water partition coefficient (Wildman–Crippen LogP) is 0.0380. The van der Waals surface area contributed by atoms with Crippen molar-refractivity contribution in [3.05, 3.63) is 0 Å². The summed E-state index contributed by atoms with van der Waals surface area (Å²) in [5.41, 5.74) is 0. The van der Waals surface area contributed by atoms with Crippen LogP contribution in [0.5, 0.6) is 0 Å². The van der Waals surface area contributed by atoms with E-state index in [-0.39, 0.29) is 5.91 Å². The molecular weight excluding hydrogens is 174 g/mol. The standard InChI is InChI=1S/C6H11NO2.C2H4O2/c1-5(8)7-4-2-3-6(7)9;1-2(3)4/h5,8H,2-4H2,1H3;1H3,(H,3,4). The lowest BCUT2D eigenvalue weighted by atomic mass is 10.4. The number of aliphatic hydroxyl groups excluding tert-OH is 1. The van der Waals surface area contributed by atoms with Crippen molar-refractivity contribution in [2.75, 3.05) is 6.54 Å². The van der Waals surface area contributed by atoms with E-state index in [0.29, 0.717) is 6.42 Å². The number of amides is 1. The molecule has 1 rings (SSSR count). The summed E-state index contributed by atoms with van der Waals surface area (Å²) in [6.45, 7) is 3.42. The summed E-state index contributed by atoms with van der Waals surface area (Å²) >= 11 is 0. The Kier molecular flexibility index (Phi) is 5.06. The van der Waals surface area contributed by atoms with Crippen molar-refractivity contribution >= 4 is 11.9 Å². The van der Waals surface area contributed by atoms with E-state index in [1.54, 1.807) is 6.92 Å². The van der Waals surface area contributed by atoms with Crippen molar-refractivity contribution in [3.8, 4) is 0 Å². The van der Waals surface area contributed by atoms with E-state index in [9.17, 15) is 4.79 Å². The molecule has 0 radical (unpaired) electrons. The largest absolute Gasteiger partial charge is 0.481 e. The second kappa shape index (κ2) is 5.53. The van der Waals surface area contributed by atoms with Crippen LogP contribution in [-0.2, 0) is 9.59 Å². The highest BCUT2D eigenvalue weighted by Gasteiger charge is 2.22. The quantitative estimate of drug-likeness (QED) is 0.610. The molecule has 2 N–H and O–H groups in total. The Bertz CT molecular complexity index is 187. The molecule has 5 nitrogen and oxygen atoms in total.